The molecule has 1 fully saturated rings. The predicted octanol–water partition coefficient (Wildman–Crippen LogP) is -0.534. The number of hydrogen-bond donors (Lipinski definition) is 2. The van der Waals surface area contributed by atoms with Crippen LogP contribution in [0.3, 0.4) is 0 Å². The Morgan fingerprint density at radius 3 is 2.61 bits per heavy atom. The number of cyclic esters (lactones) is 1. The maximum absolute atomic E-state index is 12.8. The van der Waals surface area contributed by atoms with E-state index in [0.717, 1.165) is 6.26 Å². The summed E-state index contributed by atoms with van der Waals surface area (Å²) in [7, 11) is -3.20. The second-order valence-electron chi connectivity index (χ2n) is 4.16. The van der Waals surface area contributed by atoms with Crippen LogP contribution >= 0.6 is 0 Å². The smallest absolute Gasteiger partial charge is 0.377 e. The molecule has 1 atom stereocenters. The van der Waals surface area contributed by atoms with E-state index in [1.54, 1.807) is 0 Å². The molecule has 2 N–H and O–H groups in total. The molecule has 1 rings (SSSR count). The van der Waals surface area contributed by atoms with Crippen molar-refractivity contribution in [2.24, 2.45) is 0 Å². The third-order valence-electron chi connectivity index (χ3n) is 2.32. The lowest BCUT2D eigenvalue weighted by molar-refractivity contribution is -0.159. The average molecular weight is 286 g/mol. The van der Waals surface area contributed by atoms with E-state index in [-0.39, 0.29) is 13.1 Å². The summed E-state index contributed by atoms with van der Waals surface area (Å²) in [6.07, 6.45) is 0.140. The first-order chi connectivity index (χ1) is 8.21. The molecule has 1 heterocycles. The molecule has 0 radical (unpaired) electrons. The monoisotopic (exact) mass is 286 g/mol. The summed E-state index contributed by atoms with van der Waals surface area (Å²) in [5.74, 6) is -4.86. The van der Waals surface area contributed by atoms with Crippen molar-refractivity contribution < 1.29 is 26.7 Å². The van der Waals surface area contributed by atoms with Crippen molar-refractivity contribution in [3.05, 3.63) is 0 Å². The van der Waals surface area contributed by atoms with E-state index in [4.69, 9.17) is 0 Å². The van der Waals surface area contributed by atoms with E-state index >= 15 is 0 Å². The largest absolute Gasteiger partial charge is 0.456 e. The normalized spacial score (nSPS) is 23.1. The van der Waals surface area contributed by atoms with Crippen LogP contribution < -0.4 is 10.0 Å². The number of rotatable bonds is 7. The zero-order chi connectivity index (χ0) is 13.8. The van der Waals surface area contributed by atoms with E-state index in [9.17, 15) is 22.0 Å². The van der Waals surface area contributed by atoms with Crippen molar-refractivity contribution in [3.8, 4) is 0 Å². The molecular weight excluding hydrogens is 270 g/mol. The van der Waals surface area contributed by atoms with Gasteiger partial charge in [0.25, 0.3) is 0 Å². The molecule has 0 aromatic carbocycles. The van der Waals surface area contributed by atoms with E-state index in [0.29, 0.717) is 13.0 Å². The summed E-state index contributed by atoms with van der Waals surface area (Å²) in [5.41, 5.74) is 0. The first kappa shape index (κ1) is 15.3. The van der Waals surface area contributed by atoms with Crippen LogP contribution in [0.4, 0.5) is 8.78 Å². The maximum atomic E-state index is 12.8. The van der Waals surface area contributed by atoms with Gasteiger partial charge in [0.1, 0.15) is 6.10 Å². The minimum absolute atomic E-state index is 0.139. The lowest BCUT2D eigenvalue weighted by Gasteiger charge is -2.09. The number of hydrogen-bond acceptors (Lipinski definition) is 5. The van der Waals surface area contributed by atoms with Crippen molar-refractivity contribution in [3.63, 3.8) is 0 Å². The van der Waals surface area contributed by atoms with Gasteiger partial charge >= 0.3 is 11.9 Å². The van der Waals surface area contributed by atoms with Gasteiger partial charge in [0, 0.05) is 13.1 Å². The van der Waals surface area contributed by atoms with Crippen LogP contribution in [0.25, 0.3) is 0 Å². The zero-order valence-electron chi connectivity index (χ0n) is 9.91. The molecule has 18 heavy (non-hydrogen) atoms. The molecule has 6 nitrogen and oxygen atoms in total. The lowest BCUT2D eigenvalue weighted by atomic mass is 10.2. The summed E-state index contributed by atoms with van der Waals surface area (Å²) >= 11 is 0. The Balaban J connectivity index is 2.08. The number of alkyl halides is 2. The Morgan fingerprint density at radius 1 is 1.44 bits per heavy atom. The highest BCUT2D eigenvalue weighted by Crippen LogP contribution is 2.30. The fraction of sp³-hybridized carbons (Fsp3) is 0.889. The molecular formula is C9H16F2N2O4S. The minimum atomic E-state index is -3.38. The Kier molecular flexibility index (Phi) is 5.00. The van der Waals surface area contributed by atoms with Gasteiger partial charge in [-0.25, -0.2) is 17.9 Å². The van der Waals surface area contributed by atoms with Crippen LogP contribution in [0.1, 0.15) is 12.8 Å². The number of ether oxygens (including phenoxy) is 1. The van der Waals surface area contributed by atoms with Crippen molar-refractivity contribution in [1.82, 2.24) is 10.0 Å². The van der Waals surface area contributed by atoms with Crippen LogP contribution in [0.5, 0.6) is 0 Å². The minimum Gasteiger partial charge on any atom is -0.456 e. The molecule has 0 spiro atoms. The van der Waals surface area contributed by atoms with Gasteiger partial charge in [0.05, 0.1) is 12.7 Å². The van der Waals surface area contributed by atoms with E-state index in [1.165, 1.54) is 0 Å². The van der Waals surface area contributed by atoms with Crippen molar-refractivity contribution in [2.75, 3.05) is 25.9 Å². The second kappa shape index (κ2) is 5.89. The van der Waals surface area contributed by atoms with Gasteiger partial charge in [-0.1, -0.05) is 0 Å². The molecule has 0 saturated carbocycles. The molecule has 0 aromatic heterocycles. The topological polar surface area (TPSA) is 84.5 Å². The highest BCUT2D eigenvalue weighted by molar-refractivity contribution is 7.88. The summed E-state index contributed by atoms with van der Waals surface area (Å²) < 4.78 is 53.7. The Bertz CT molecular complexity index is 399. The highest BCUT2D eigenvalue weighted by atomic mass is 32.2. The van der Waals surface area contributed by atoms with E-state index < -0.39 is 34.4 Å². The van der Waals surface area contributed by atoms with Gasteiger partial charge in [0.2, 0.25) is 10.0 Å². The van der Waals surface area contributed by atoms with Gasteiger partial charge in [-0.15, -0.1) is 0 Å². The Labute approximate surface area is 104 Å². The quantitative estimate of drug-likeness (QED) is 0.485. The number of nitrogens with one attached hydrogen (secondary N) is 2. The van der Waals surface area contributed by atoms with Gasteiger partial charge < -0.3 is 10.1 Å². The molecule has 0 bridgehead atoms. The van der Waals surface area contributed by atoms with E-state index in [2.05, 4.69) is 14.8 Å². The third kappa shape index (κ3) is 5.23. The Morgan fingerprint density at radius 2 is 2.11 bits per heavy atom. The summed E-state index contributed by atoms with van der Waals surface area (Å²) in [6, 6.07) is 0. The SMILES string of the molecule is CS(=O)(=O)NCCCNCC1CC(F)(F)C(=O)O1. The zero-order valence-corrected chi connectivity index (χ0v) is 10.7. The molecule has 1 aliphatic rings. The third-order valence-corrected chi connectivity index (χ3v) is 3.05. The first-order valence-electron chi connectivity index (χ1n) is 5.45. The predicted molar refractivity (Wildman–Crippen MR) is 59.8 cm³/mol. The summed E-state index contributed by atoms with van der Waals surface area (Å²) in [5, 5.41) is 2.83. The first-order valence-corrected chi connectivity index (χ1v) is 7.34. The summed E-state index contributed by atoms with van der Waals surface area (Å²) in [4.78, 5) is 10.7. The molecule has 0 amide bonds. The number of sulfonamides is 1. The average Bonchev–Trinajstić information content (AvgIpc) is 2.45. The molecule has 0 aliphatic carbocycles. The molecule has 0 aromatic rings. The second-order valence-corrected chi connectivity index (χ2v) is 5.99. The Hall–Kier alpha value is -0.800. The van der Waals surface area contributed by atoms with Crippen molar-refractivity contribution >= 4 is 16.0 Å². The summed E-state index contributed by atoms with van der Waals surface area (Å²) in [6.45, 7) is 0.856. The molecule has 1 aliphatic heterocycles. The highest BCUT2D eigenvalue weighted by Gasteiger charge is 2.50. The van der Waals surface area contributed by atoms with E-state index in [1.807, 2.05) is 0 Å². The van der Waals surface area contributed by atoms with Crippen LogP contribution in [0.2, 0.25) is 0 Å². The van der Waals surface area contributed by atoms with Gasteiger partial charge in [0.15, 0.2) is 0 Å². The van der Waals surface area contributed by atoms with Gasteiger partial charge in [-0.2, -0.15) is 8.78 Å². The standard InChI is InChI=1S/C9H16F2N2O4S/c1-18(15,16)13-4-2-3-12-6-7-5-9(10,11)8(14)17-7/h7,12-13H,2-6H2,1H3. The van der Waals surface area contributed by atoms with Crippen LogP contribution in [-0.2, 0) is 19.6 Å². The molecule has 9 heteroatoms. The van der Waals surface area contributed by atoms with Crippen LogP contribution in [0.15, 0.2) is 0 Å². The van der Waals surface area contributed by atoms with Crippen LogP contribution in [-0.4, -0.2) is 52.3 Å². The maximum Gasteiger partial charge on any atom is 0.377 e. The van der Waals surface area contributed by atoms with Crippen molar-refractivity contribution in [1.29, 1.82) is 0 Å². The fourth-order valence-corrected chi connectivity index (χ4v) is 2.01. The van der Waals surface area contributed by atoms with Gasteiger partial charge in [-0.05, 0) is 13.0 Å². The fourth-order valence-electron chi connectivity index (χ4n) is 1.50. The molecule has 1 saturated heterocycles. The van der Waals surface area contributed by atoms with Crippen molar-refractivity contribution in [2.45, 2.75) is 24.9 Å². The molecule has 1 unspecified atom stereocenters. The number of carbonyl (C=O) groups excluding carboxylic acids is 1. The number of esters is 1. The van der Waals surface area contributed by atoms with Crippen LogP contribution in [0, 0.1) is 0 Å². The number of halogens is 2. The number of carbonyl (C=O) groups is 1. The lowest BCUT2D eigenvalue weighted by Crippen LogP contribution is -2.30. The van der Waals surface area contributed by atoms with Gasteiger partial charge in [-0.3, -0.25) is 0 Å². The molecule has 106 valence electrons.